The molecular weight excluding hydrogens is 266 g/mol. The van der Waals surface area contributed by atoms with Crippen molar-refractivity contribution in [1.82, 2.24) is 5.32 Å². The number of morpholine rings is 1. The van der Waals surface area contributed by atoms with Crippen LogP contribution >= 0.6 is 0 Å². The summed E-state index contributed by atoms with van der Waals surface area (Å²) in [5, 5.41) is 14.5. The minimum Gasteiger partial charge on any atom is -0.390 e. The lowest BCUT2D eigenvalue weighted by Crippen LogP contribution is -2.52. The van der Waals surface area contributed by atoms with E-state index in [9.17, 15) is 5.11 Å². The van der Waals surface area contributed by atoms with E-state index in [1.165, 1.54) is 32.1 Å². The molecule has 3 atom stereocenters. The van der Waals surface area contributed by atoms with E-state index in [0.717, 1.165) is 45.6 Å². The van der Waals surface area contributed by atoms with E-state index in [2.05, 4.69) is 5.32 Å². The molecule has 3 aliphatic rings. The molecule has 1 spiro atoms. The number of hydrogen-bond donors (Lipinski definition) is 2. The molecule has 2 N–H and O–H groups in total. The summed E-state index contributed by atoms with van der Waals surface area (Å²) in [6.07, 6.45) is 9.09. The second kappa shape index (κ2) is 6.53. The normalized spacial score (nSPS) is 36.3. The van der Waals surface area contributed by atoms with E-state index >= 15 is 0 Å². The van der Waals surface area contributed by atoms with Gasteiger partial charge < -0.3 is 19.9 Å². The molecule has 0 bridgehead atoms. The average Bonchev–Trinajstić information content (AvgIpc) is 2.49. The second-order valence-electron chi connectivity index (χ2n) is 7.57. The molecule has 4 nitrogen and oxygen atoms in total. The molecule has 2 aliphatic heterocycles. The van der Waals surface area contributed by atoms with Crippen LogP contribution in [0.1, 0.15) is 58.3 Å². The van der Waals surface area contributed by atoms with Crippen LogP contribution in [0.15, 0.2) is 0 Å². The SMILES string of the molecule is CC(O)(CC1COCCN1)C1CCOC2(CCCCC2)C1. The lowest BCUT2D eigenvalue weighted by atomic mass is 9.70. The summed E-state index contributed by atoms with van der Waals surface area (Å²) in [4.78, 5) is 0. The van der Waals surface area contributed by atoms with E-state index in [-0.39, 0.29) is 5.60 Å². The van der Waals surface area contributed by atoms with Gasteiger partial charge in [0.25, 0.3) is 0 Å². The zero-order valence-electron chi connectivity index (χ0n) is 13.4. The molecular formula is C17H31NO3. The zero-order chi connectivity index (χ0) is 14.8. The highest BCUT2D eigenvalue weighted by atomic mass is 16.5. The van der Waals surface area contributed by atoms with Gasteiger partial charge in [-0.05, 0) is 44.9 Å². The Bertz CT molecular complexity index is 327. The van der Waals surface area contributed by atoms with Gasteiger partial charge in [-0.25, -0.2) is 0 Å². The van der Waals surface area contributed by atoms with E-state index in [1.807, 2.05) is 6.92 Å². The Morgan fingerprint density at radius 1 is 1.24 bits per heavy atom. The van der Waals surface area contributed by atoms with Gasteiger partial charge >= 0.3 is 0 Å². The van der Waals surface area contributed by atoms with Crippen LogP contribution in [0.25, 0.3) is 0 Å². The monoisotopic (exact) mass is 297 g/mol. The van der Waals surface area contributed by atoms with Gasteiger partial charge in [0, 0.05) is 19.2 Å². The van der Waals surface area contributed by atoms with Gasteiger partial charge in [0.05, 0.1) is 24.4 Å². The highest BCUT2D eigenvalue weighted by Gasteiger charge is 2.45. The fourth-order valence-electron chi connectivity index (χ4n) is 4.52. The number of aliphatic hydroxyl groups is 1. The van der Waals surface area contributed by atoms with Crippen molar-refractivity contribution in [3.8, 4) is 0 Å². The Hall–Kier alpha value is -0.160. The Morgan fingerprint density at radius 2 is 2.05 bits per heavy atom. The standard InChI is InChI=1S/C17H31NO3/c1-16(19,12-15-13-20-10-8-18-15)14-5-9-21-17(11-14)6-3-2-4-7-17/h14-15,18-19H,2-13H2,1H3. The summed E-state index contributed by atoms with van der Waals surface area (Å²) in [6, 6.07) is 0.291. The predicted molar refractivity (Wildman–Crippen MR) is 82.3 cm³/mol. The van der Waals surface area contributed by atoms with Crippen molar-refractivity contribution >= 4 is 0 Å². The second-order valence-corrected chi connectivity index (χ2v) is 7.57. The van der Waals surface area contributed by atoms with Gasteiger partial charge in [0.1, 0.15) is 0 Å². The Morgan fingerprint density at radius 3 is 2.76 bits per heavy atom. The first kappa shape index (κ1) is 15.7. The molecule has 122 valence electrons. The van der Waals surface area contributed by atoms with Gasteiger partial charge in [-0.2, -0.15) is 0 Å². The van der Waals surface area contributed by atoms with E-state index in [0.29, 0.717) is 12.0 Å². The van der Waals surface area contributed by atoms with Gasteiger partial charge in [0.2, 0.25) is 0 Å². The van der Waals surface area contributed by atoms with Gasteiger partial charge in [-0.3, -0.25) is 0 Å². The molecule has 3 fully saturated rings. The Kier molecular flexibility index (Phi) is 4.89. The van der Waals surface area contributed by atoms with Gasteiger partial charge in [0.15, 0.2) is 0 Å². The lowest BCUT2D eigenvalue weighted by Gasteiger charge is -2.48. The van der Waals surface area contributed by atoms with E-state index < -0.39 is 5.60 Å². The smallest absolute Gasteiger partial charge is 0.0686 e. The van der Waals surface area contributed by atoms with Crippen molar-refractivity contribution < 1.29 is 14.6 Å². The summed E-state index contributed by atoms with van der Waals surface area (Å²) in [5.41, 5.74) is -0.547. The van der Waals surface area contributed by atoms with Crippen LogP contribution in [0.4, 0.5) is 0 Å². The first-order chi connectivity index (χ1) is 10.1. The summed E-state index contributed by atoms with van der Waals surface area (Å²) < 4.78 is 11.7. The fraction of sp³-hybridized carbons (Fsp3) is 1.00. The van der Waals surface area contributed by atoms with Crippen molar-refractivity contribution in [3.05, 3.63) is 0 Å². The molecule has 3 rings (SSSR count). The molecule has 2 heterocycles. The van der Waals surface area contributed by atoms with E-state index in [4.69, 9.17) is 9.47 Å². The molecule has 0 aromatic carbocycles. The van der Waals surface area contributed by atoms with Crippen molar-refractivity contribution in [2.45, 2.75) is 75.5 Å². The van der Waals surface area contributed by atoms with Crippen molar-refractivity contribution in [3.63, 3.8) is 0 Å². The van der Waals surface area contributed by atoms with Crippen LogP contribution in [-0.2, 0) is 9.47 Å². The Balaban J connectivity index is 1.60. The minimum absolute atomic E-state index is 0.0711. The summed E-state index contributed by atoms with van der Waals surface area (Å²) in [7, 11) is 0. The quantitative estimate of drug-likeness (QED) is 0.839. The number of rotatable bonds is 3. The summed E-state index contributed by atoms with van der Waals surface area (Å²) in [6.45, 7) is 5.26. The molecule has 0 radical (unpaired) electrons. The molecule has 21 heavy (non-hydrogen) atoms. The van der Waals surface area contributed by atoms with Crippen molar-refractivity contribution in [2.75, 3.05) is 26.4 Å². The lowest BCUT2D eigenvalue weighted by molar-refractivity contribution is -0.156. The maximum absolute atomic E-state index is 11.1. The largest absolute Gasteiger partial charge is 0.390 e. The van der Waals surface area contributed by atoms with Crippen LogP contribution in [0.3, 0.4) is 0 Å². The molecule has 0 aromatic heterocycles. The third kappa shape index (κ3) is 3.79. The predicted octanol–water partition coefficient (Wildman–Crippen LogP) is 2.25. The van der Waals surface area contributed by atoms with Gasteiger partial charge in [-0.1, -0.05) is 19.3 Å². The molecule has 4 heteroatoms. The highest BCUT2D eigenvalue weighted by molar-refractivity contribution is 4.96. The fourth-order valence-corrected chi connectivity index (χ4v) is 4.52. The first-order valence-corrected chi connectivity index (χ1v) is 8.77. The first-order valence-electron chi connectivity index (χ1n) is 8.77. The minimum atomic E-state index is -0.618. The maximum Gasteiger partial charge on any atom is 0.0686 e. The number of nitrogens with one attached hydrogen (secondary N) is 1. The summed E-state index contributed by atoms with van der Waals surface area (Å²) >= 11 is 0. The van der Waals surface area contributed by atoms with Crippen LogP contribution in [0.5, 0.6) is 0 Å². The molecule has 2 saturated heterocycles. The number of ether oxygens (including phenoxy) is 2. The third-order valence-corrected chi connectivity index (χ3v) is 5.80. The molecule has 1 saturated carbocycles. The molecule has 3 unspecified atom stereocenters. The van der Waals surface area contributed by atoms with Gasteiger partial charge in [-0.15, -0.1) is 0 Å². The van der Waals surface area contributed by atoms with Crippen LogP contribution in [-0.4, -0.2) is 48.7 Å². The molecule has 1 aliphatic carbocycles. The van der Waals surface area contributed by atoms with Crippen LogP contribution < -0.4 is 5.32 Å². The Labute approximate surface area is 128 Å². The maximum atomic E-state index is 11.1. The summed E-state index contributed by atoms with van der Waals surface area (Å²) in [5.74, 6) is 0.355. The van der Waals surface area contributed by atoms with Crippen molar-refractivity contribution in [1.29, 1.82) is 0 Å². The highest BCUT2D eigenvalue weighted by Crippen LogP contribution is 2.44. The van der Waals surface area contributed by atoms with Crippen LogP contribution in [0.2, 0.25) is 0 Å². The van der Waals surface area contributed by atoms with E-state index in [1.54, 1.807) is 0 Å². The molecule has 0 amide bonds. The average molecular weight is 297 g/mol. The number of hydrogen-bond acceptors (Lipinski definition) is 4. The topological polar surface area (TPSA) is 50.7 Å². The molecule has 0 aromatic rings. The van der Waals surface area contributed by atoms with Crippen molar-refractivity contribution in [2.24, 2.45) is 5.92 Å². The third-order valence-electron chi connectivity index (χ3n) is 5.80. The van der Waals surface area contributed by atoms with Crippen LogP contribution in [0, 0.1) is 5.92 Å². The zero-order valence-corrected chi connectivity index (χ0v) is 13.4.